The molecule has 5 N–H and O–H groups in total. The number of carbonyl (C=O) groups is 2. The van der Waals surface area contributed by atoms with E-state index in [1.165, 1.54) is 31.2 Å². The molecule has 1 aliphatic rings. The fraction of sp³-hybridized carbons (Fsp3) is 0.222. The standard InChI is InChI=1S/C27H24ClFN4O4/c1-26(25(30)35)13-37-23-18(26)11-21(33-22(23)14-4-7-17(29)8-5-14)27(2,36)12-31-24(34)20-9-15-3-6-16(28)10-19(15)32-20/h3-11,32,36H,12-13H2,1-2H3,(H2,30,35)(H,31,34)/t26-,27-/m0/s1. The predicted octanol–water partition coefficient (Wildman–Crippen LogP) is 3.80. The van der Waals surface area contributed by atoms with Gasteiger partial charge >= 0.3 is 0 Å². The summed E-state index contributed by atoms with van der Waals surface area (Å²) in [5.41, 5.74) is 5.42. The molecule has 0 unspecified atom stereocenters. The highest BCUT2D eigenvalue weighted by Crippen LogP contribution is 2.45. The molecule has 2 aromatic heterocycles. The Balaban J connectivity index is 1.49. The smallest absolute Gasteiger partial charge is 0.267 e. The molecule has 2 aromatic carbocycles. The maximum absolute atomic E-state index is 13.6. The van der Waals surface area contributed by atoms with Crippen LogP contribution in [0.4, 0.5) is 4.39 Å². The number of fused-ring (bicyclic) bond motifs is 2. The summed E-state index contributed by atoms with van der Waals surface area (Å²) in [4.78, 5) is 32.8. The zero-order valence-electron chi connectivity index (χ0n) is 20.1. The third-order valence-corrected chi connectivity index (χ3v) is 6.94. The van der Waals surface area contributed by atoms with E-state index in [2.05, 4.69) is 15.3 Å². The van der Waals surface area contributed by atoms with Crippen LogP contribution < -0.4 is 15.8 Å². The number of H-pyrrole nitrogens is 1. The number of nitrogens with one attached hydrogen (secondary N) is 2. The van der Waals surface area contributed by atoms with E-state index in [1.807, 2.05) is 0 Å². The van der Waals surface area contributed by atoms with E-state index in [9.17, 15) is 19.1 Å². The zero-order valence-corrected chi connectivity index (χ0v) is 20.8. The van der Waals surface area contributed by atoms with Crippen LogP contribution in [0.1, 0.15) is 35.6 Å². The van der Waals surface area contributed by atoms with Crippen LogP contribution in [0.2, 0.25) is 5.02 Å². The molecule has 10 heteroatoms. The number of halogens is 2. The minimum Gasteiger partial charge on any atom is -0.489 e. The summed E-state index contributed by atoms with van der Waals surface area (Å²) in [5, 5.41) is 15.5. The highest BCUT2D eigenvalue weighted by molar-refractivity contribution is 6.31. The van der Waals surface area contributed by atoms with Crippen LogP contribution in [0.25, 0.3) is 22.2 Å². The first-order valence-corrected chi connectivity index (χ1v) is 11.9. The van der Waals surface area contributed by atoms with Crippen LogP contribution in [0.5, 0.6) is 5.75 Å². The van der Waals surface area contributed by atoms with Gasteiger partial charge in [-0.3, -0.25) is 9.59 Å². The van der Waals surface area contributed by atoms with E-state index in [0.717, 1.165) is 5.39 Å². The van der Waals surface area contributed by atoms with Gasteiger partial charge in [0.25, 0.3) is 5.91 Å². The fourth-order valence-electron chi connectivity index (χ4n) is 4.33. The number of amides is 2. The molecule has 0 bridgehead atoms. The molecule has 37 heavy (non-hydrogen) atoms. The first-order valence-electron chi connectivity index (χ1n) is 11.5. The first kappa shape index (κ1) is 24.7. The number of hydrogen-bond donors (Lipinski definition) is 4. The van der Waals surface area contributed by atoms with Gasteiger partial charge in [0.2, 0.25) is 5.91 Å². The molecule has 0 aliphatic carbocycles. The zero-order chi connectivity index (χ0) is 26.5. The Morgan fingerprint density at radius 2 is 1.97 bits per heavy atom. The van der Waals surface area contributed by atoms with Crippen molar-refractivity contribution in [2.45, 2.75) is 24.9 Å². The number of aromatic amines is 1. The summed E-state index contributed by atoms with van der Waals surface area (Å²) in [7, 11) is 0. The van der Waals surface area contributed by atoms with Crippen LogP contribution in [0.15, 0.2) is 54.6 Å². The Labute approximate surface area is 216 Å². The van der Waals surface area contributed by atoms with Crippen molar-refractivity contribution in [1.82, 2.24) is 15.3 Å². The van der Waals surface area contributed by atoms with Gasteiger partial charge in [-0.15, -0.1) is 0 Å². The van der Waals surface area contributed by atoms with Crippen LogP contribution in [-0.2, 0) is 15.8 Å². The molecule has 2 amide bonds. The quantitative estimate of drug-likeness (QED) is 0.306. The number of pyridine rings is 1. The van der Waals surface area contributed by atoms with E-state index < -0.39 is 28.6 Å². The lowest BCUT2D eigenvalue weighted by Crippen LogP contribution is -2.41. The molecular weight excluding hydrogens is 499 g/mol. The number of rotatable bonds is 6. The van der Waals surface area contributed by atoms with Gasteiger partial charge in [-0.1, -0.05) is 17.7 Å². The lowest BCUT2D eigenvalue weighted by atomic mass is 9.82. The number of benzene rings is 2. The molecule has 0 saturated heterocycles. The summed E-state index contributed by atoms with van der Waals surface area (Å²) in [6.45, 7) is 2.96. The molecule has 0 saturated carbocycles. The Bertz CT molecular complexity index is 1550. The molecule has 190 valence electrons. The third kappa shape index (κ3) is 4.41. The average Bonchev–Trinajstić information content (AvgIpc) is 3.44. The van der Waals surface area contributed by atoms with Crippen molar-refractivity contribution in [2.24, 2.45) is 5.73 Å². The highest BCUT2D eigenvalue weighted by Gasteiger charge is 2.45. The first-order chi connectivity index (χ1) is 17.5. The van der Waals surface area contributed by atoms with Crippen LogP contribution in [-0.4, -0.2) is 40.0 Å². The number of aliphatic hydroxyl groups is 1. The Hall–Kier alpha value is -3.95. The maximum Gasteiger partial charge on any atom is 0.267 e. The third-order valence-electron chi connectivity index (χ3n) is 6.71. The Morgan fingerprint density at radius 3 is 2.68 bits per heavy atom. The minimum absolute atomic E-state index is 0.000271. The average molecular weight is 523 g/mol. The second-order valence-corrected chi connectivity index (χ2v) is 10.0. The minimum atomic E-state index is -1.64. The van der Waals surface area contributed by atoms with Crippen LogP contribution in [0.3, 0.4) is 0 Å². The maximum atomic E-state index is 13.6. The molecule has 3 heterocycles. The lowest BCUT2D eigenvalue weighted by Gasteiger charge is -2.26. The number of primary amides is 1. The number of carbonyl (C=O) groups excluding carboxylic acids is 2. The molecule has 5 rings (SSSR count). The monoisotopic (exact) mass is 522 g/mol. The molecular formula is C27H24ClFN4O4. The lowest BCUT2D eigenvalue weighted by molar-refractivity contribution is -0.123. The van der Waals surface area contributed by atoms with Crippen molar-refractivity contribution < 1.29 is 23.8 Å². The van der Waals surface area contributed by atoms with Crippen molar-refractivity contribution in [3.8, 4) is 17.0 Å². The van der Waals surface area contributed by atoms with Crippen molar-refractivity contribution in [3.63, 3.8) is 0 Å². The van der Waals surface area contributed by atoms with E-state index in [4.69, 9.17) is 22.1 Å². The van der Waals surface area contributed by atoms with Crippen molar-refractivity contribution in [1.29, 1.82) is 0 Å². The van der Waals surface area contributed by atoms with Gasteiger partial charge in [0.1, 0.15) is 40.6 Å². The topological polar surface area (TPSA) is 130 Å². The second-order valence-electron chi connectivity index (χ2n) is 9.60. The molecule has 2 atom stereocenters. The van der Waals surface area contributed by atoms with Gasteiger partial charge in [0.05, 0.1) is 12.2 Å². The van der Waals surface area contributed by atoms with E-state index in [0.29, 0.717) is 38.8 Å². The van der Waals surface area contributed by atoms with Gasteiger partial charge in [-0.25, -0.2) is 9.37 Å². The van der Waals surface area contributed by atoms with E-state index in [1.54, 1.807) is 37.3 Å². The summed E-state index contributed by atoms with van der Waals surface area (Å²) in [5.74, 6) is -1.11. The fourth-order valence-corrected chi connectivity index (χ4v) is 4.50. The molecule has 8 nitrogen and oxygen atoms in total. The molecule has 1 aliphatic heterocycles. The number of hydrogen-bond acceptors (Lipinski definition) is 5. The number of ether oxygens (including phenoxy) is 1. The van der Waals surface area contributed by atoms with Crippen molar-refractivity contribution in [2.75, 3.05) is 13.2 Å². The van der Waals surface area contributed by atoms with Gasteiger partial charge in [0, 0.05) is 27.1 Å². The summed E-state index contributed by atoms with van der Waals surface area (Å²) >= 11 is 6.02. The SMILES string of the molecule is C[C@](O)(CNC(=O)c1cc2ccc(Cl)cc2[nH]1)c1cc2c(c(-c3ccc(F)cc3)n1)OC[C@]2(C)C(N)=O. The number of nitrogens with zero attached hydrogens (tertiary/aromatic N) is 1. The number of aromatic nitrogens is 2. The van der Waals surface area contributed by atoms with Gasteiger partial charge in [0.15, 0.2) is 0 Å². The van der Waals surface area contributed by atoms with Crippen LogP contribution in [0, 0.1) is 5.82 Å². The van der Waals surface area contributed by atoms with Crippen molar-refractivity contribution >= 4 is 34.3 Å². The van der Waals surface area contributed by atoms with E-state index in [-0.39, 0.29) is 18.8 Å². The molecule has 0 radical (unpaired) electrons. The Morgan fingerprint density at radius 1 is 1.24 bits per heavy atom. The molecule has 0 fully saturated rings. The summed E-state index contributed by atoms with van der Waals surface area (Å²) in [6, 6.07) is 14.1. The summed E-state index contributed by atoms with van der Waals surface area (Å²) in [6.07, 6.45) is 0. The van der Waals surface area contributed by atoms with Gasteiger partial charge in [-0.2, -0.15) is 0 Å². The predicted molar refractivity (Wildman–Crippen MR) is 137 cm³/mol. The summed E-state index contributed by atoms with van der Waals surface area (Å²) < 4.78 is 19.4. The molecule has 0 spiro atoms. The highest BCUT2D eigenvalue weighted by atomic mass is 35.5. The Kier molecular flexibility index (Phi) is 5.92. The van der Waals surface area contributed by atoms with E-state index >= 15 is 0 Å². The van der Waals surface area contributed by atoms with Crippen molar-refractivity contribution in [3.05, 3.63) is 82.4 Å². The van der Waals surface area contributed by atoms with Gasteiger partial charge in [-0.05, 0) is 62.4 Å². The largest absolute Gasteiger partial charge is 0.489 e. The number of nitrogens with two attached hydrogens (primary N) is 1. The second kappa shape index (κ2) is 8.86. The van der Waals surface area contributed by atoms with Crippen LogP contribution >= 0.6 is 11.6 Å². The normalized spacial score (nSPS) is 18.2. The van der Waals surface area contributed by atoms with Gasteiger partial charge < -0.3 is 25.9 Å². The molecule has 4 aromatic rings.